The molecule has 0 unspecified atom stereocenters. The topological polar surface area (TPSA) is 25.2 Å². The van der Waals surface area contributed by atoms with Gasteiger partial charge >= 0.3 is 0 Å². The highest BCUT2D eigenvalue weighted by Gasteiger charge is 2.06. The molecule has 0 aliphatic carbocycles. The Morgan fingerprint density at radius 3 is 2.67 bits per heavy atom. The van der Waals surface area contributed by atoms with E-state index in [1.54, 1.807) is 0 Å². The van der Waals surface area contributed by atoms with Gasteiger partial charge in [0.25, 0.3) is 0 Å². The minimum absolute atomic E-state index is 0.861. The van der Waals surface area contributed by atoms with Gasteiger partial charge in [-0.05, 0) is 43.3 Å². The van der Waals surface area contributed by atoms with Crippen molar-refractivity contribution in [3.8, 4) is 0 Å². The van der Waals surface area contributed by atoms with Crippen molar-refractivity contribution in [2.45, 2.75) is 13.5 Å². The van der Waals surface area contributed by atoms with Crippen molar-refractivity contribution in [1.82, 2.24) is 0 Å². The minimum atomic E-state index is 0.861. The van der Waals surface area contributed by atoms with Crippen LogP contribution in [0.5, 0.6) is 0 Å². The molecule has 0 saturated heterocycles. The van der Waals surface area contributed by atoms with Crippen molar-refractivity contribution in [1.29, 1.82) is 0 Å². The molecule has 0 radical (unpaired) electrons. The lowest BCUT2D eigenvalue weighted by atomic mass is 10.1. The highest BCUT2D eigenvalue weighted by molar-refractivity contribution is 7.11. The Kier molecular flexibility index (Phi) is 2.93. The lowest BCUT2D eigenvalue weighted by Gasteiger charge is -2.04. The van der Waals surface area contributed by atoms with E-state index in [-0.39, 0.29) is 0 Å². The Labute approximate surface area is 127 Å². The second-order valence-corrected chi connectivity index (χ2v) is 6.55. The number of hydrogen-bond donors (Lipinski definition) is 1. The van der Waals surface area contributed by atoms with Crippen LogP contribution >= 0.6 is 11.3 Å². The number of nitrogens with one attached hydrogen (secondary N) is 1. The first-order valence-electron chi connectivity index (χ1n) is 7.00. The van der Waals surface area contributed by atoms with Crippen LogP contribution in [0.15, 0.2) is 59.0 Å². The van der Waals surface area contributed by atoms with Gasteiger partial charge in [-0.2, -0.15) is 0 Å². The number of hydrogen-bond acceptors (Lipinski definition) is 3. The van der Waals surface area contributed by atoms with Gasteiger partial charge in [0.1, 0.15) is 11.2 Å². The van der Waals surface area contributed by atoms with Gasteiger partial charge in [0.2, 0.25) is 0 Å². The zero-order valence-electron chi connectivity index (χ0n) is 11.7. The summed E-state index contributed by atoms with van der Waals surface area (Å²) >= 11 is 1.83. The summed E-state index contributed by atoms with van der Waals surface area (Å²) in [6.07, 6.45) is 0. The number of benzene rings is 2. The molecule has 21 heavy (non-hydrogen) atoms. The molecule has 2 aromatic heterocycles. The molecule has 0 aliphatic rings. The maximum absolute atomic E-state index is 5.85. The molecule has 3 heteroatoms. The molecule has 0 bridgehead atoms. The Morgan fingerprint density at radius 2 is 1.81 bits per heavy atom. The highest BCUT2D eigenvalue weighted by Crippen LogP contribution is 2.30. The van der Waals surface area contributed by atoms with Crippen molar-refractivity contribution in [3.05, 3.63) is 64.4 Å². The third-order valence-electron chi connectivity index (χ3n) is 3.64. The van der Waals surface area contributed by atoms with Crippen molar-refractivity contribution in [3.63, 3.8) is 0 Å². The third kappa shape index (κ3) is 2.30. The van der Waals surface area contributed by atoms with E-state index >= 15 is 0 Å². The quantitative estimate of drug-likeness (QED) is 0.534. The standard InChI is InChI=1S/C18H15NOS/c1-12-6-8-14(21-12)11-19-13-7-9-18-16(10-13)15-4-2-3-5-17(15)20-18/h2-10,19H,11H2,1H3. The van der Waals surface area contributed by atoms with E-state index in [0.29, 0.717) is 0 Å². The number of aryl methyl sites for hydroxylation is 1. The summed E-state index contributed by atoms with van der Waals surface area (Å²) in [5, 5.41) is 5.82. The van der Waals surface area contributed by atoms with E-state index in [2.05, 4.69) is 42.6 Å². The van der Waals surface area contributed by atoms with Crippen molar-refractivity contribution in [2.24, 2.45) is 0 Å². The molecule has 1 N–H and O–H groups in total. The molecular formula is C18H15NOS. The molecule has 2 heterocycles. The number of thiophene rings is 1. The van der Waals surface area contributed by atoms with Crippen molar-refractivity contribution < 1.29 is 4.42 Å². The molecule has 0 saturated carbocycles. The third-order valence-corrected chi connectivity index (χ3v) is 4.64. The van der Waals surface area contributed by atoms with E-state index < -0.39 is 0 Å². The number of rotatable bonds is 3. The van der Waals surface area contributed by atoms with Crippen LogP contribution in [0.2, 0.25) is 0 Å². The summed E-state index contributed by atoms with van der Waals surface area (Å²) in [6, 6.07) is 18.8. The van der Waals surface area contributed by atoms with E-state index in [1.807, 2.05) is 35.6 Å². The summed E-state index contributed by atoms with van der Waals surface area (Å²) < 4.78 is 5.85. The van der Waals surface area contributed by atoms with Crippen LogP contribution in [0.25, 0.3) is 21.9 Å². The number of para-hydroxylation sites is 1. The Morgan fingerprint density at radius 1 is 0.952 bits per heavy atom. The SMILES string of the molecule is Cc1ccc(CNc2ccc3oc4ccccc4c3c2)s1. The van der Waals surface area contributed by atoms with Crippen LogP contribution in [0, 0.1) is 6.92 Å². The fraction of sp³-hybridized carbons (Fsp3) is 0.111. The lowest BCUT2D eigenvalue weighted by Crippen LogP contribution is -1.96. The van der Waals surface area contributed by atoms with Gasteiger partial charge in [-0.3, -0.25) is 0 Å². The average Bonchev–Trinajstić information content (AvgIpc) is 3.08. The van der Waals surface area contributed by atoms with Crippen molar-refractivity contribution >= 4 is 39.0 Å². The van der Waals surface area contributed by atoms with Gasteiger partial charge in [0.15, 0.2) is 0 Å². The molecule has 0 amide bonds. The smallest absolute Gasteiger partial charge is 0.135 e. The molecule has 0 atom stereocenters. The van der Waals surface area contributed by atoms with Gasteiger partial charge in [-0.25, -0.2) is 0 Å². The van der Waals surface area contributed by atoms with Crippen molar-refractivity contribution in [2.75, 3.05) is 5.32 Å². The fourth-order valence-electron chi connectivity index (χ4n) is 2.61. The van der Waals surface area contributed by atoms with Crippen LogP contribution < -0.4 is 5.32 Å². The normalized spacial score (nSPS) is 11.3. The maximum atomic E-state index is 5.85. The maximum Gasteiger partial charge on any atom is 0.135 e. The van der Waals surface area contributed by atoms with Crippen LogP contribution in [-0.4, -0.2) is 0 Å². The number of fused-ring (bicyclic) bond motifs is 3. The second-order valence-electron chi connectivity index (χ2n) is 5.18. The summed E-state index contributed by atoms with van der Waals surface area (Å²) in [5.74, 6) is 0. The summed E-state index contributed by atoms with van der Waals surface area (Å²) in [5.41, 5.74) is 3.01. The first-order chi connectivity index (χ1) is 10.3. The van der Waals surface area contributed by atoms with Crippen LogP contribution in [0.3, 0.4) is 0 Å². The molecular weight excluding hydrogens is 278 g/mol. The monoisotopic (exact) mass is 293 g/mol. The van der Waals surface area contributed by atoms with E-state index in [0.717, 1.165) is 28.8 Å². The van der Waals surface area contributed by atoms with E-state index in [4.69, 9.17) is 4.42 Å². The highest BCUT2D eigenvalue weighted by atomic mass is 32.1. The Hall–Kier alpha value is -2.26. The molecule has 0 fully saturated rings. The predicted octanol–water partition coefficient (Wildman–Crippen LogP) is 5.57. The molecule has 2 aromatic carbocycles. The van der Waals surface area contributed by atoms with Gasteiger partial charge in [-0.1, -0.05) is 18.2 Å². The van der Waals surface area contributed by atoms with Gasteiger partial charge in [0.05, 0.1) is 0 Å². The average molecular weight is 293 g/mol. The molecule has 104 valence electrons. The zero-order chi connectivity index (χ0) is 14.2. The Balaban J connectivity index is 1.68. The molecule has 2 nitrogen and oxygen atoms in total. The van der Waals surface area contributed by atoms with Gasteiger partial charge in [-0.15, -0.1) is 11.3 Å². The van der Waals surface area contributed by atoms with Gasteiger partial charge in [0, 0.05) is 32.8 Å². The van der Waals surface area contributed by atoms with E-state index in [1.165, 1.54) is 15.1 Å². The molecule has 0 spiro atoms. The summed E-state index contributed by atoms with van der Waals surface area (Å²) in [4.78, 5) is 2.70. The van der Waals surface area contributed by atoms with Crippen LogP contribution in [-0.2, 0) is 6.54 Å². The zero-order valence-corrected chi connectivity index (χ0v) is 12.5. The first-order valence-corrected chi connectivity index (χ1v) is 7.82. The second kappa shape index (κ2) is 4.93. The lowest BCUT2D eigenvalue weighted by molar-refractivity contribution is 0.669. The fourth-order valence-corrected chi connectivity index (χ4v) is 3.44. The number of anilines is 1. The summed E-state index contributed by atoms with van der Waals surface area (Å²) in [6.45, 7) is 3.00. The molecule has 0 aliphatic heterocycles. The largest absolute Gasteiger partial charge is 0.456 e. The van der Waals surface area contributed by atoms with E-state index in [9.17, 15) is 0 Å². The van der Waals surface area contributed by atoms with Crippen LogP contribution in [0.1, 0.15) is 9.75 Å². The van der Waals surface area contributed by atoms with Gasteiger partial charge < -0.3 is 9.73 Å². The molecule has 4 rings (SSSR count). The minimum Gasteiger partial charge on any atom is -0.456 e. The predicted molar refractivity (Wildman–Crippen MR) is 90.1 cm³/mol. The summed E-state index contributed by atoms with van der Waals surface area (Å²) in [7, 11) is 0. The molecule has 4 aromatic rings. The number of furan rings is 1. The first kappa shape index (κ1) is 12.5. The van der Waals surface area contributed by atoms with Crippen LogP contribution in [0.4, 0.5) is 5.69 Å². The Bertz CT molecular complexity index is 919.